The third-order valence-corrected chi connectivity index (χ3v) is 3.58. The molecular formula is C13H15F3N6. The lowest BCUT2D eigenvalue weighted by Crippen LogP contribution is -2.36. The Balaban J connectivity index is 1.79. The van der Waals surface area contributed by atoms with Gasteiger partial charge in [0.2, 0.25) is 5.95 Å². The molecule has 118 valence electrons. The molecule has 1 aromatic heterocycles. The van der Waals surface area contributed by atoms with Crippen LogP contribution < -0.4 is 10.6 Å². The minimum absolute atomic E-state index is 0.250. The SMILES string of the molecule is FC(F)(F)c1ccc(-n2nnnc2NC2CCNCC2)cc1. The van der Waals surface area contributed by atoms with Gasteiger partial charge in [0, 0.05) is 6.04 Å². The van der Waals surface area contributed by atoms with Crippen LogP contribution in [0.4, 0.5) is 19.1 Å². The second-order valence-corrected chi connectivity index (χ2v) is 5.13. The summed E-state index contributed by atoms with van der Waals surface area (Å²) in [6.45, 7) is 1.83. The van der Waals surface area contributed by atoms with Crippen LogP contribution in [-0.4, -0.2) is 39.3 Å². The smallest absolute Gasteiger partial charge is 0.350 e. The van der Waals surface area contributed by atoms with E-state index in [1.54, 1.807) is 0 Å². The first-order valence-corrected chi connectivity index (χ1v) is 6.97. The summed E-state index contributed by atoms with van der Waals surface area (Å²) in [5.41, 5.74) is -0.216. The molecule has 0 amide bonds. The molecule has 0 bridgehead atoms. The summed E-state index contributed by atoms with van der Waals surface area (Å²) < 4.78 is 39.2. The lowest BCUT2D eigenvalue weighted by molar-refractivity contribution is -0.137. The number of alkyl halides is 3. The van der Waals surface area contributed by atoms with Crippen LogP contribution in [0.1, 0.15) is 18.4 Å². The molecule has 2 N–H and O–H groups in total. The summed E-state index contributed by atoms with van der Waals surface area (Å²) >= 11 is 0. The second-order valence-electron chi connectivity index (χ2n) is 5.13. The van der Waals surface area contributed by atoms with Crippen molar-refractivity contribution < 1.29 is 13.2 Å². The third kappa shape index (κ3) is 3.19. The van der Waals surface area contributed by atoms with Crippen LogP contribution in [0.15, 0.2) is 24.3 Å². The summed E-state index contributed by atoms with van der Waals surface area (Å²) in [7, 11) is 0. The first kappa shape index (κ1) is 14.8. The fourth-order valence-corrected chi connectivity index (χ4v) is 2.39. The number of hydrogen-bond acceptors (Lipinski definition) is 5. The number of hydrogen-bond donors (Lipinski definition) is 2. The molecule has 9 heteroatoms. The summed E-state index contributed by atoms with van der Waals surface area (Å²) in [6, 6.07) is 5.00. The van der Waals surface area contributed by atoms with Gasteiger partial charge < -0.3 is 10.6 Å². The molecule has 0 saturated carbocycles. The molecule has 1 aliphatic rings. The van der Waals surface area contributed by atoms with E-state index in [0.29, 0.717) is 11.6 Å². The Morgan fingerprint density at radius 2 is 1.82 bits per heavy atom. The lowest BCUT2D eigenvalue weighted by atomic mass is 10.1. The number of aromatic nitrogens is 4. The normalized spacial score (nSPS) is 16.7. The molecule has 2 heterocycles. The quantitative estimate of drug-likeness (QED) is 0.905. The lowest BCUT2D eigenvalue weighted by Gasteiger charge is -2.23. The number of nitrogens with zero attached hydrogens (tertiary/aromatic N) is 4. The van der Waals surface area contributed by atoms with Gasteiger partial charge in [-0.15, -0.1) is 0 Å². The van der Waals surface area contributed by atoms with E-state index >= 15 is 0 Å². The highest BCUT2D eigenvalue weighted by Crippen LogP contribution is 2.29. The Bertz CT molecular complexity index is 615. The van der Waals surface area contributed by atoms with Gasteiger partial charge in [0.1, 0.15) is 0 Å². The Morgan fingerprint density at radius 3 is 2.45 bits per heavy atom. The predicted octanol–water partition coefficient (Wildman–Crippen LogP) is 1.84. The summed E-state index contributed by atoms with van der Waals surface area (Å²) in [4.78, 5) is 0. The van der Waals surface area contributed by atoms with Crippen molar-refractivity contribution in [1.82, 2.24) is 25.5 Å². The minimum atomic E-state index is -4.35. The van der Waals surface area contributed by atoms with Crippen LogP contribution in [-0.2, 0) is 6.18 Å². The van der Waals surface area contributed by atoms with Gasteiger partial charge in [-0.2, -0.15) is 17.9 Å². The number of benzene rings is 1. The van der Waals surface area contributed by atoms with Gasteiger partial charge >= 0.3 is 6.18 Å². The molecular weight excluding hydrogens is 297 g/mol. The van der Waals surface area contributed by atoms with Gasteiger partial charge in [0.25, 0.3) is 0 Å². The molecule has 1 aromatic carbocycles. The van der Waals surface area contributed by atoms with Gasteiger partial charge in [-0.05, 0) is 60.6 Å². The fourth-order valence-electron chi connectivity index (χ4n) is 2.39. The standard InChI is InChI=1S/C13H15F3N6/c14-13(15,16)9-1-3-11(4-2-9)22-12(19-20-21-22)18-10-5-7-17-8-6-10/h1-4,10,17H,5-8H2,(H,18,19,21). The van der Waals surface area contributed by atoms with Crippen molar-refractivity contribution in [2.75, 3.05) is 18.4 Å². The molecule has 0 atom stereocenters. The Hall–Kier alpha value is -2.16. The minimum Gasteiger partial charge on any atom is -0.350 e. The first-order chi connectivity index (χ1) is 10.5. The van der Waals surface area contributed by atoms with Crippen LogP contribution in [0, 0.1) is 0 Å². The van der Waals surface area contributed by atoms with E-state index in [1.165, 1.54) is 16.8 Å². The van der Waals surface area contributed by atoms with Crippen LogP contribution in [0.5, 0.6) is 0 Å². The maximum absolute atomic E-state index is 12.6. The Labute approximate surface area is 124 Å². The number of tetrazole rings is 1. The molecule has 1 aliphatic heterocycles. The van der Waals surface area contributed by atoms with Crippen molar-refractivity contribution in [3.63, 3.8) is 0 Å². The van der Waals surface area contributed by atoms with E-state index in [4.69, 9.17) is 0 Å². The maximum Gasteiger partial charge on any atom is 0.416 e. The average molecular weight is 312 g/mol. The van der Waals surface area contributed by atoms with Gasteiger partial charge in [0.15, 0.2) is 0 Å². The van der Waals surface area contributed by atoms with Gasteiger partial charge in [-0.25, -0.2) is 0 Å². The van der Waals surface area contributed by atoms with Crippen molar-refractivity contribution in [2.24, 2.45) is 0 Å². The second kappa shape index (κ2) is 5.91. The topological polar surface area (TPSA) is 67.7 Å². The highest BCUT2D eigenvalue weighted by molar-refractivity contribution is 5.41. The molecule has 0 unspecified atom stereocenters. The molecule has 0 spiro atoms. The number of piperidine rings is 1. The average Bonchev–Trinajstić information content (AvgIpc) is 2.96. The van der Waals surface area contributed by atoms with Crippen LogP contribution in [0.25, 0.3) is 5.69 Å². The summed E-state index contributed by atoms with van der Waals surface area (Å²) in [6.07, 6.45) is -2.46. The van der Waals surface area contributed by atoms with Crippen molar-refractivity contribution in [1.29, 1.82) is 0 Å². The zero-order valence-electron chi connectivity index (χ0n) is 11.6. The highest BCUT2D eigenvalue weighted by Gasteiger charge is 2.30. The van der Waals surface area contributed by atoms with Crippen molar-refractivity contribution >= 4 is 5.95 Å². The van der Waals surface area contributed by atoms with Gasteiger partial charge in [-0.3, -0.25) is 0 Å². The number of rotatable bonds is 3. The predicted molar refractivity (Wildman–Crippen MR) is 73.7 cm³/mol. The summed E-state index contributed by atoms with van der Waals surface area (Å²) in [5.74, 6) is 0.437. The van der Waals surface area contributed by atoms with E-state index in [1.807, 2.05) is 0 Å². The van der Waals surface area contributed by atoms with E-state index in [2.05, 4.69) is 26.2 Å². The first-order valence-electron chi connectivity index (χ1n) is 6.97. The van der Waals surface area contributed by atoms with E-state index < -0.39 is 11.7 Å². The number of anilines is 1. The molecule has 0 aliphatic carbocycles. The number of nitrogens with one attached hydrogen (secondary N) is 2. The Morgan fingerprint density at radius 1 is 1.14 bits per heavy atom. The molecule has 3 rings (SSSR count). The molecule has 2 aromatic rings. The van der Waals surface area contributed by atoms with E-state index in [-0.39, 0.29) is 6.04 Å². The fraction of sp³-hybridized carbons (Fsp3) is 0.462. The van der Waals surface area contributed by atoms with Crippen LogP contribution >= 0.6 is 0 Å². The maximum atomic E-state index is 12.6. The van der Waals surface area contributed by atoms with E-state index in [0.717, 1.165) is 38.1 Å². The molecule has 1 fully saturated rings. The Kier molecular flexibility index (Phi) is 3.97. The largest absolute Gasteiger partial charge is 0.416 e. The molecule has 1 saturated heterocycles. The third-order valence-electron chi connectivity index (χ3n) is 3.58. The van der Waals surface area contributed by atoms with Crippen molar-refractivity contribution in [2.45, 2.75) is 25.1 Å². The van der Waals surface area contributed by atoms with Crippen LogP contribution in [0.2, 0.25) is 0 Å². The zero-order valence-corrected chi connectivity index (χ0v) is 11.6. The van der Waals surface area contributed by atoms with Gasteiger partial charge in [0.05, 0.1) is 11.3 Å². The number of halogens is 3. The monoisotopic (exact) mass is 312 g/mol. The van der Waals surface area contributed by atoms with Gasteiger partial charge in [-0.1, -0.05) is 5.10 Å². The van der Waals surface area contributed by atoms with E-state index in [9.17, 15) is 13.2 Å². The highest BCUT2D eigenvalue weighted by atomic mass is 19.4. The zero-order chi connectivity index (χ0) is 15.6. The molecule has 6 nitrogen and oxygen atoms in total. The summed E-state index contributed by atoms with van der Waals surface area (Å²) in [5, 5.41) is 17.8. The molecule has 0 radical (unpaired) electrons. The van der Waals surface area contributed by atoms with Crippen LogP contribution in [0.3, 0.4) is 0 Å². The van der Waals surface area contributed by atoms with Crippen molar-refractivity contribution in [3.8, 4) is 5.69 Å². The van der Waals surface area contributed by atoms with Crippen molar-refractivity contribution in [3.05, 3.63) is 29.8 Å². The molecule has 22 heavy (non-hydrogen) atoms.